The Morgan fingerprint density at radius 3 is 2.43 bits per heavy atom. The van der Waals surface area contributed by atoms with Gasteiger partial charge in [0, 0.05) is 24.0 Å². The van der Waals surface area contributed by atoms with E-state index in [4.69, 9.17) is 11.5 Å². The number of pyridine rings is 1. The minimum Gasteiger partial charge on any atom is -0.398 e. The lowest BCUT2D eigenvalue weighted by Crippen LogP contribution is -2.33. The average Bonchev–Trinajstić information content (AvgIpc) is 2.06. The van der Waals surface area contributed by atoms with Gasteiger partial charge in [-0.05, 0) is 6.07 Å². The lowest BCUT2D eigenvalue weighted by molar-refractivity contribution is -0.206. The summed E-state index contributed by atoms with van der Waals surface area (Å²) in [6, 6.07) is 1.13. The van der Waals surface area contributed by atoms with Crippen LogP contribution in [0.2, 0.25) is 0 Å². The van der Waals surface area contributed by atoms with E-state index in [0.717, 1.165) is 6.07 Å². The van der Waals surface area contributed by atoms with Crippen molar-refractivity contribution >= 4 is 5.69 Å². The number of halogens is 3. The molecule has 0 aliphatic carbocycles. The van der Waals surface area contributed by atoms with E-state index in [2.05, 4.69) is 0 Å². The van der Waals surface area contributed by atoms with Crippen LogP contribution in [0.25, 0.3) is 0 Å². The molecule has 1 heterocycles. The highest BCUT2D eigenvalue weighted by molar-refractivity contribution is 5.37. The molecule has 4 N–H and O–H groups in total. The van der Waals surface area contributed by atoms with Crippen molar-refractivity contribution in [2.24, 2.45) is 5.73 Å². The largest absolute Gasteiger partial charge is 0.491 e. The van der Waals surface area contributed by atoms with Crippen molar-refractivity contribution in [3.05, 3.63) is 28.2 Å². The van der Waals surface area contributed by atoms with Gasteiger partial charge >= 0.3 is 6.30 Å². The maximum atomic E-state index is 12.2. The summed E-state index contributed by atoms with van der Waals surface area (Å²) in [6.07, 6.45) is -4.24. The zero-order valence-electron chi connectivity index (χ0n) is 7.01. The molecule has 0 unspecified atom stereocenters. The third kappa shape index (κ3) is 1.87. The van der Waals surface area contributed by atoms with E-state index in [1.165, 1.54) is 0 Å². The Morgan fingerprint density at radius 2 is 2.00 bits per heavy atom. The van der Waals surface area contributed by atoms with Crippen LogP contribution in [0.5, 0.6) is 0 Å². The number of nitrogen functional groups attached to an aromatic ring is 1. The SMILES string of the molecule is NCc1cc(N)cn(C(F)(F)F)c1=O. The first kappa shape index (κ1) is 10.6. The predicted octanol–water partition coefficient (Wildman–Crippen LogP) is 0.366. The average molecular weight is 207 g/mol. The van der Waals surface area contributed by atoms with Crippen LogP contribution in [-0.2, 0) is 12.8 Å². The summed E-state index contributed by atoms with van der Waals surface area (Å²) in [5, 5.41) is 0. The molecule has 0 amide bonds. The molecule has 0 radical (unpaired) electrons. The quantitative estimate of drug-likeness (QED) is 0.698. The predicted molar refractivity (Wildman–Crippen MR) is 44.3 cm³/mol. The Hall–Kier alpha value is -1.50. The second kappa shape index (κ2) is 3.33. The van der Waals surface area contributed by atoms with E-state index < -0.39 is 11.9 Å². The molecule has 4 nitrogen and oxygen atoms in total. The lowest BCUT2D eigenvalue weighted by Gasteiger charge is -2.11. The number of rotatable bonds is 1. The van der Waals surface area contributed by atoms with Gasteiger partial charge in [-0.25, -0.2) is 4.57 Å². The lowest BCUT2D eigenvalue weighted by atomic mass is 10.2. The van der Waals surface area contributed by atoms with Crippen molar-refractivity contribution in [3.63, 3.8) is 0 Å². The number of nitrogens with zero attached hydrogens (tertiary/aromatic N) is 1. The Balaban J connectivity index is 3.45. The van der Waals surface area contributed by atoms with Crippen molar-refractivity contribution in [2.75, 3.05) is 5.73 Å². The molecule has 1 aromatic heterocycles. The maximum Gasteiger partial charge on any atom is 0.491 e. The molecule has 0 aliphatic heterocycles. The molecule has 1 rings (SSSR count). The molecule has 7 heteroatoms. The van der Waals surface area contributed by atoms with Gasteiger partial charge in [0.2, 0.25) is 0 Å². The van der Waals surface area contributed by atoms with E-state index >= 15 is 0 Å². The summed E-state index contributed by atoms with van der Waals surface area (Å²) < 4.78 is 36.3. The molecule has 14 heavy (non-hydrogen) atoms. The number of hydrogen-bond donors (Lipinski definition) is 2. The molecule has 0 spiro atoms. The highest BCUT2D eigenvalue weighted by Crippen LogP contribution is 2.20. The first-order chi connectivity index (χ1) is 6.36. The molecule has 0 aliphatic rings. The van der Waals surface area contributed by atoms with Gasteiger partial charge in [0.15, 0.2) is 0 Å². The minimum absolute atomic E-state index is 0.151. The highest BCUT2D eigenvalue weighted by Gasteiger charge is 2.32. The summed E-state index contributed by atoms with van der Waals surface area (Å²) in [6.45, 7) is -0.278. The maximum absolute atomic E-state index is 12.2. The minimum atomic E-state index is -4.77. The van der Waals surface area contributed by atoms with E-state index in [0.29, 0.717) is 6.20 Å². The molecule has 0 bridgehead atoms. The van der Waals surface area contributed by atoms with Crippen LogP contribution in [0.4, 0.5) is 18.9 Å². The first-order valence-corrected chi connectivity index (χ1v) is 3.64. The number of anilines is 1. The van der Waals surface area contributed by atoms with Gasteiger partial charge in [-0.2, -0.15) is 0 Å². The Bertz CT molecular complexity index is 396. The Kier molecular flexibility index (Phi) is 2.52. The fourth-order valence-corrected chi connectivity index (χ4v) is 0.997. The second-order valence-corrected chi connectivity index (χ2v) is 2.65. The smallest absolute Gasteiger partial charge is 0.398 e. The zero-order chi connectivity index (χ0) is 10.9. The van der Waals surface area contributed by atoms with Crippen molar-refractivity contribution in [1.29, 1.82) is 0 Å². The Labute approximate surface area is 76.9 Å². The van der Waals surface area contributed by atoms with Gasteiger partial charge in [-0.15, -0.1) is 13.2 Å². The monoisotopic (exact) mass is 207 g/mol. The van der Waals surface area contributed by atoms with Crippen LogP contribution < -0.4 is 17.0 Å². The van der Waals surface area contributed by atoms with Crippen LogP contribution in [0.1, 0.15) is 5.56 Å². The van der Waals surface area contributed by atoms with Crippen LogP contribution in [-0.4, -0.2) is 4.57 Å². The van der Waals surface area contributed by atoms with Gasteiger partial charge in [0.05, 0.1) is 0 Å². The van der Waals surface area contributed by atoms with E-state index in [1.807, 2.05) is 0 Å². The molecule has 78 valence electrons. The van der Waals surface area contributed by atoms with E-state index in [9.17, 15) is 18.0 Å². The van der Waals surface area contributed by atoms with Crippen LogP contribution in [0.3, 0.4) is 0 Å². The summed E-state index contributed by atoms with van der Waals surface area (Å²) in [7, 11) is 0. The molecule has 0 saturated heterocycles. The van der Waals surface area contributed by atoms with E-state index in [-0.39, 0.29) is 22.4 Å². The van der Waals surface area contributed by atoms with Crippen molar-refractivity contribution in [2.45, 2.75) is 12.8 Å². The van der Waals surface area contributed by atoms with E-state index in [1.54, 1.807) is 0 Å². The molecular weight excluding hydrogens is 199 g/mol. The number of aromatic nitrogens is 1. The number of alkyl halides is 3. The molecule has 0 aromatic carbocycles. The standard InChI is InChI=1S/C7H8F3N3O/c8-7(9,10)13-3-5(12)1-4(2-11)6(13)14/h1,3H,2,11-12H2. The third-order valence-corrected chi connectivity index (χ3v) is 1.61. The molecule has 0 atom stereocenters. The Morgan fingerprint density at radius 1 is 1.43 bits per heavy atom. The molecule has 0 saturated carbocycles. The highest BCUT2D eigenvalue weighted by atomic mass is 19.4. The first-order valence-electron chi connectivity index (χ1n) is 3.64. The van der Waals surface area contributed by atoms with Gasteiger partial charge in [0.1, 0.15) is 0 Å². The summed E-state index contributed by atoms with van der Waals surface area (Å²) >= 11 is 0. The van der Waals surface area contributed by atoms with Gasteiger partial charge in [-0.3, -0.25) is 4.79 Å². The summed E-state index contributed by atoms with van der Waals surface area (Å²) in [5.41, 5.74) is 8.78. The van der Waals surface area contributed by atoms with Crippen molar-refractivity contribution in [3.8, 4) is 0 Å². The topological polar surface area (TPSA) is 74.0 Å². The van der Waals surface area contributed by atoms with Crippen LogP contribution in [0.15, 0.2) is 17.1 Å². The van der Waals surface area contributed by atoms with Crippen molar-refractivity contribution in [1.82, 2.24) is 4.57 Å². The molecular formula is C7H8F3N3O. The van der Waals surface area contributed by atoms with Crippen molar-refractivity contribution < 1.29 is 13.2 Å². The summed E-state index contributed by atoms with van der Waals surface area (Å²) in [4.78, 5) is 11.1. The molecule has 0 fully saturated rings. The van der Waals surface area contributed by atoms with Crippen LogP contribution in [0, 0.1) is 0 Å². The second-order valence-electron chi connectivity index (χ2n) is 2.65. The van der Waals surface area contributed by atoms with Crippen LogP contribution >= 0.6 is 0 Å². The number of nitrogens with two attached hydrogens (primary N) is 2. The fourth-order valence-electron chi connectivity index (χ4n) is 0.997. The normalized spacial score (nSPS) is 11.7. The fraction of sp³-hybridized carbons (Fsp3) is 0.286. The third-order valence-electron chi connectivity index (χ3n) is 1.61. The summed E-state index contributed by atoms with van der Waals surface area (Å²) in [5.74, 6) is 0. The zero-order valence-corrected chi connectivity index (χ0v) is 7.01. The number of hydrogen-bond acceptors (Lipinski definition) is 3. The van der Waals surface area contributed by atoms with Gasteiger partial charge < -0.3 is 11.5 Å². The van der Waals surface area contributed by atoms with Gasteiger partial charge in [-0.1, -0.05) is 0 Å². The van der Waals surface area contributed by atoms with Gasteiger partial charge in [0.25, 0.3) is 5.56 Å². The molecule has 1 aromatic rings.